The molecule has 0 fully saturated rings. The Morgan fingerprint density at radius 3 is 2.55 bits per heavy atom. The van der Waals surface area contributed by atoms with Gasteiger partial charge in [-0.05, 0) is 46.0 Å². The summed E-state index contributed by atoms with van der Waals surface area (Å²) in [6, 6.07) is 6.48. The van der Waals surface area contributed by atoms with Gasteiger partial charge in [0, 0.05) is 40.5 Å². The van der Waals surface area contributed by atoms with Crippen LogP contribution >= 0.6 is 11.3 Å². The molecule has 2 rings (SSSR count). The quantitative estimate of drug-likeness (QED) is 0.876. The van der Waals surface area contributed by atoms with Crippen molar-refractivity contribution in [1.29, 1.82) is 0 Å². The monoisotopic (exact) mass is 292 g/mol. The van der Waals surface area contributed by atoms with Gasteiger partial charge in [0.1, 0.15) is 0 Å². The van der Waals surface area contributed by atoms with Crippen LogP contribution in [0.3, 0.4) is 0 Å². The number of furan rings is 1. The third-order valence-corrected chi connectivity index (χ3v) is 4.04. The molecule has 4 heteroatoms. The molecule has 20 heavy (non-hydrogen) atoms. The number of nitrogens with one attached hydrogen (secondary N) is 1. The second kappa shape index (κ2) is 6.57. The van der Waals surface area contributed by atoms with Crippen LogP contribution in [0.1, 0.15) is 36.1 Å². The number of hydrogen-bond donors (Lipinski definition) is 1. The van der Waals surface area contributed by atoms with Crippen LogP contribution in [0.5, 0.6) is 0 Å². The summed E-state index contributed by atoms with van der Waals surface area (Å²) in [7, 11) is 2.14. The highest BCUT2D eigenvalue weighted by molar-refractivity contribution is 7.11. The molecule has 2 heterocycles. The van der Waals surface area contributed by atoms with Crippen molar-refractivity contribution >= 4 is 11.3 Å². The van der Waals surface area contributed by atoms with Crippen molar-refractivity contribution < 1.29 is 4.42 Å². The second-order valence-corrected chi connectivity index (χ2v) is 7.53. The Kier molecular flexibility index (Phi) is 5.02. The summed E-state index contributed by atoms with van der Waals surface area (Å²) >= 11 is 1.89. The molecule has 3 nitrogen and oxygen atoms in total. The van der Waals surface area contributed by atoms with Crippen molar-refractivity contribution in [3.63, 3.8) is 0 Å². The highest BCUT2D eigenvalue weighted by Crippen LogP contribution is 2.19. The maximum Gasteiger partial charge on any atom is 0.0947 e. The summed E-state index contributed by atoms with van der Waals surface area (Å²) in [5, 5.41) is 3.53. The van der Waals surface area contributed by atoms with Crippen LogP contribution in [0.4, 0.5) is 0 Å². The van der Waals surface area contributed by atoms with Crippen LogP contribution in [0.2, 0.25) is 0 Å². The molecule has 0 aromatic carbocycles. The Labute approximate surface area is 125 Å². The third kappa shape index (κ3) is 5.12. The molecular formula is C16H24N2OS. The normalized spacial score (nSPS) is 12.2. The minimum Gasteiger partial charge on any atom is -0.472 e. The summed E-state index contributed by atoms with van der Waals surface area (Å²) < 4.78 is 5.10. The van der Waals surface area contributed by atoms with E-state index in [0.717, 1.165) is 19.6 Å². The lowest BCUT2D eigenvalue weighted by Gasteiger charge is -2.19. The van der Waals surface area contributed by atoms with Crippen molar-refractivity contribution in [2.45, 2.75) is 45.9 Å². The van der Waals surface area contributed by atoms with Crippen molar-refractivity contribution in [2.24, 2.45) is 0 Å². The smallest absolute Gasteiger partial charge is 0.0947 e. The van der Waals surface area contributed by atoms with E-state index < -0.39 is 0 Å². The Balaban J connectivity index is 1.83. The molecule has 0 saturated carbocycles. The van der Waals surface area contributed by atoms with E-state index in [1.54, 1.807) is 6.26 Å². The fourth-order valence-electron chi connectivity index (χ4n) is 1.97. The first-order valence-corrected chi connectivity index (χ1v) is 7.76. The SMILES string of the molecule is CN(Cc1ccoc1)Cc1ccc(CNC(C)(C)C)s1. The molecule has 0 bridgehead atoms. The van der Waals surface area contributed by atoms with E-state index in [4.69, 9.17) is 4.42 Å². The summed E-state index contributed by atoms with van der Waals surface area (Å²) in [6.07, 6.45) is 3.54. The fourth-order valence-corrected chi connectivity index (χ4v) is 3.01. The highest BCUT2D eigenvalue weighted by Gasteiger charge is 2.10. The first-order chi connectivity index (χ1) is 9.42. The van der Waals surface area contributed by atoms with Crippen LogP contribution in [0, 0.1) is 0 Å². The Morgan fingerprint density at radius 1 is 1.15 bits per heavy atom. The van der Waals surface area contributed by atoms with Gasteiger partial charge in [-0.2, -0.15) is 0 Å². The van der Waals surface area contributed by atoms with E-state index in [-0.39, 0.29) is 5.54 Å². The molecule has 0 atom stereocenters. The first kappa shape index (κ1) is 15.3. The van der Waals surface area contributed by atoms with Crippen molar-refractivity contribution in [2.75, 3.05) is 7.05 Å². The third-order valence-electron chi connectivity index (χ3n) is 2.97. The minimum atomic E-state index is 0.169. The standard InChI is InChI=1S/C16H24N2OS/c1-16(2,3)17-9-14-5-6-15(20-14)11-18(4)10-13-7-8-19-12-13/h5-8,12,17H,9-11H2,1-4H3. The summed E-state index contributed by atoms with van der Waals surface area (Å²) in [5.41, 5.74) is 1.39. The van der Waals surface area contributed by atoms with Crippen molar-refractivity contribution in [3.05, 3.63) is 46.0 Å². The maximum atomic E-state index is 5.10. The first-order valence-electron chi connectivity index (χ1n) is 6.94. The average Bonchev–Trinajstić information content (AvgIpc) is 2.97. The van der Waals surface area contributed by atoms with Crippen molar-refractivity contribution in [1.82, 2.24) is 10.2 Å². The summed E-state index contributed by atoms with van der Waals surface area (Å²) in [4.78, 5) is 5.10. The van der Waals surface area contributed by atoms with Gasteiger partial charge in [0.2, 0.25) is 0 Å². The number of rotatable bonds is 6. The maximum absolute atomic E-state index is 5.10. The Hall–Kier alpha value is -1.10. The zero-order valence-corrected chi connectivity index (χ0v) is 13.6. The van der Waals surface area contributed by atoms with Crippen LogP contribution in [-0.2, 0) is 19.6 Å². The Bertz CT molecular complexity index is 511. The van der Waals surface area contributed by atoms with Gasteiger partial charge >= 0.3 is 0 Å². The summed E-state index contributed by atoms with van der Waals surface area (Å²) in [5.74, 6) is 0. The lowest BCUT2D eigenvalue weighted by atomic mass is 10.1. The van der Waals surface area contributed by atoms with Gasteiger partial charge in [0.05, 0.1) is 12.5 Å². The van der Waals surface area contributed by atoms with E-state index in [2.05, 4.69) is 50.2 Å². The molecular weight excluding hydrogens is 268 g/mol. The van der Waals surface area contributed by atoms with Crippen LogP contribution in [-0.4, -0.2) is 17.5 Å². The van der Waals surface area contributed by atoms with E-state index in [9.17, 15) is 0 Å². The molecule has 0 radical (unpaired) electrons. The lowest BCUT2D eigenvalue weighted by Crippen LogP contribution is -2.34. The van der Waals surface area contributed by atoms with Gasteiger partial charge in [-0.15, -0.1) is 11.3 Å². The molecule has 2 aromatic heterocycles. The van der Waals surface area contributed by atoms with E-state index in [0.29, 0.717) is 0 Å². The number of hydrogen-bond acceptors (Lipinski definition) is 4. The second-order valence-electron chi connectivity index (χ2n) is 6.28. The molecule has 110 valence electrons. The van der Waals surface area contributed by atoms with Crippen molar-refractivity contribution in [3.8, 4) is 0 Å². The van der Waals surface area contributed by atoms with Gasteiger partial charge in [0.25, 0.3) is 0 Å². The average molecular weight is 292 g/mol. The zero-order chi connectivity index (χ0) is 14.6. The van der Waals surface area contributed by atoms with Gasteiger partial charge in [-0.3, -0.25) is 4.90 Å². The molecule has 1 N–H and O–H groups in total. The topological polar surface area (TPSA) is 28.4 Å². The fraction of sp³-hybridized carbons (Fsp3) is 0.500. The highest BCUT2D eigenvalue weighted by atomic mass is 32.1. The van der Waals surface area contributed by atoms with Gasteiger partial charge in [-0.1, -0.05) is 0 Å². The minimum absolute atomic E-state index is 0.169. The molecule has 0 aliphatic heterocycles. The zero-order valence-electron chi connectivity index (χ0n) is 12.8. The van der Waals surface area contributed by atoms with Crippen LogP contribution < -0.4 is 5.32 Å². The lowest BCUT2D eigenvalue weighted by molar-refractivity contribution is 0.320. The summed E-state index contributed by atoms with van der Waals surface area (Å²) in [6.45, 7) is 9.43. The van der Waals surface area contributed by atoms with E-state index >= 15 is 0 Å². The van der Waals surface area contributed by atoms with Gasteiger partial charge in [-0.25, -0.2) is 0 Å². The number of nitrogens with zero attached hydrogens (tertiary/aromatic N) is 1. The van der Waals surface area contributed by atoms with Crippen LogP contribution in [0.15, 0.2) is 35.1 Å². The Morgan fingerprint density at radius 2 is 1.90 bits per heavy atom. The molecule has 0 amide bonds. The van der Waals surface area contributed by atoms with E-state index in [1.807, 2.05) is 23.7 Å². The molecule has 0 aliphatic rings. The van der Waals surface area contributed by atoms with E-state index in [1.165, 1.54) is 15.3 Å². The molecule has 0 saturated heterocycles. The predicted octanol–water partition coefficient (Wildman–Crippen LogP) is 3.86. The molecule has 0 aliphatic carbocycles. The largest absolute Gasteiger partial charge is 0.472 e. The molecule has 0 spiro atoms. The number of thiophene rings is 1. The molecule has 0 unspecified atom stereocenters. The molecule has 2 aromatic rings. The predicted molar refractivity (Wildman–Crippen MR) is 84.8 cm³/mol. The van der Waals surface area contributed by atoms with Gasteiger partial charge in [0.15, 0.2) is 0 Å². The van der Waals surface area contributed by atoms with Gasteiger partial charge < -0.3 is 9.73 Å². The van der Waals surface area contributed by atoms with Crippen LogP contribution in [0.25, 0.3) is 0 Å².